The predicted molar refractivity (Wildman–Crippen MR) is 96.1 cm³/mol. The van der Waals surface area contributed by atoms with Crippen molar-refractivity contribution in [3.8, 4) is 5.75 Å². The van der Waals surface area contributed by atoms with Crippen LogP contribution in [0.25, 0.3) is 0 Å². The Morgan fingerprint density at radius 2 is 2.00 bits per heavy atom. The largest absolute Gasteiger partial charge is 0.479 e. The van der Waals surface area contributed by atoms with Crippen molar-refractivity contribution in [1.29, 1.82) is 0 Å². The first kappa shape index (κ1) is 16.5. The number of carbonyl (C=O) groups excluding carboxylic acids is 1. The number of fused-ring (bicyclic) bond motifs is 1. The zero-order valence-corrected chi connectivity index (χ0v) is 14.5. The minimum absolute atomic E-state index is 0.0204. The molecule has 0 radical (unpaired) electrons. The number of aryl methyl sites for hydroxylation is 1. The summed E-state index contributed by atoms with van der Waals surface area (Å²) in [6, 6.07) is 14.0. The van der Waals surface area contributed by atoms with Gasteiger partial charge in [0, 0.05) is 6.04 Å². The summed E-state index contributed by atoms with van der Waals surface area (Å²) in [5.41, 5.74) is 10.3. The number of nitrogens with zero attached hydrogens (tertiary/aromatic N) is 1. The number of anilines is 1. The van der Waals surface area contributed by atoms with E-state index >= 15 is 0 Å². The van der Waals surface area contributed by atoms with Gasteiger partial charge < -0.3 is 15.4 Å². The number of rotatable bonds is 4. The molecule has 2 unspecified atom stereocenters. The molecule has 1 aliphatic rings. The van der Waals surface area contributed by atoms with E-state index in [1.54, 1.807) is 6.92 Å². The molecule has 126 valence electrons. The lowest BCUT2D eigenvalue weighted by Crippen LogP contribution is -2.44. The SMILES string of the molecule is CCC(N)c1ccc2c(c1)N(Cc1ccccc1C)C(=O)C(C)O2. The van der Waals surface area contributed by atoms with E-state index in [2.05, 4.69) is 26.0 Å². The molecule has 1 amide bonds. The first-order valence-corrected chi connectivity index (χ1v) is 8.43. The molecule has 4 heteroatoms. The normalized spacial score (nSPS) is 18.1. The van der Waals surface area contributed by atoms with Crippen LogP contribution in [0, 0.1) is 6.92 Å². The second-order valence-corrected chi connectivity index (χ2v) is 6.35. The predicted octanol–water partition coefficient (Wildman–Crippen LogP) is 3.72. The molecule has 2 aromatic rings. The summed E-state index contributed by atoms with van der Waals surface area (Å²) >= 11 is 0. The molecular weight excluding hydrogens is 300 g/mol. The number of ether oxygens (including phenoxy) is 1. The Morgan fingerprint density at radius 1 is 1.25 bits per heavy atom. The molecule has 0 saturated heterocycles. The lowest BCUT2D eigenvalue weighted by Gasteiger charge is -2.34. The van der Waals surface area contributed by atoms with Gasteiger partial charge in [-0.05, 0) is 49.1 Å². The van der Waals surface area contributed by atoms with Crippen LogP contribution in [0.1, 0.15) is 43.0 Å². The van der Waals surface area contributed by atoms with Gasteiger partial charge in [-0.3, -0.25) is 4.79 Å². The quantitative estimate of drug-likeness (QED) is 0.932. The minimum Gasteiger partial charge on any atom is -0.479 e. The molecule has 2 N–H and O–H groups in total. The first-order chi connectivity index (χ1) is 11.5. The van der Waals surface area contributed by atoms with Crippen LogP contribution in [0.3, 0.4) is 0 Å². The summed E-state index contributed by atoms with van der Waals surface area (Å²) < 4.78 is 5.78. The molecule has 4 nitrogen and oxygen atoms in total. The van der Waals surface area contributed by atoms with E-state index < -0.39 is 6.10 Å². The Hall–Kier alpha value is -2.33. The van der Waals surface area contributed by atoms with E-state index in [-0.39, 0.29) is 11.9 Å². The number of amides is 1. The Labute approximate surface area is 143 Å². The summed E-state index contributed by atoms with van der Waals surface area (Å²) in [6.45, 7) is 6.45. The van der Waals surface area contributed by atoms with Gasteiger partial charge in [-0.25, -0.2) is 0 Å². The molecular formula is C20H24N2O2. The Morgan fingerprint density at radius 3 is 2.71 bits per heavy atom. The van der Waals surface area contributed by atoms with Crippen LogP contribution in [0.5, 0.6) is 5.75 Å². The van der Waals surface area contributed by atoms with Crippen LogP contribution in [0.4, 0.5) is 5.69 Å². The number of nitrogens with two attached hydrogens (primary N) is 1. The topological polar surface area (TPSA) is 55.6 Å². The first-order valence-electron chi connectivity index (χ1n) is 8.43. The van der Waals surface area contributed by atoms with Gasteiger partial charge in [0.15, 0.2) is 6.10 Å². The number of hydrogen-bond donors (Lipinski definition) is 1. The Balaban J connectivity index is 2.02. The highest BCUT2D eigenvalue weighted by Crippen LogP contribution is 2.37. The third-order valence-electron chi connectivity index (χ3n) is 4.65. The van der Waals surface area contributed by atoms with E-state index in [0.717, 1.165) is 29.0 Å². The van der Waals surface area contributed by atoms with Crippen molar-refractivity contribution in [2.75, 3.05) is 4.90 Å². The van der Waals surface area contributed by atoms with E-state index in [1.165, 1.54) is 5.56 Å². The highest BCUT2D eigenvalue weighted by Gasteiger charge is 2.32. The van der Waals surface area contributed by atoms with Crippen LogP contribution >= 0.6 is 0 Å². The van der Waals surface area contributed by atoms with Crippen molar-refractivity contribution in [2.24, 2.45) is 5.73 Å². The zero-order valence-electron chi connectivity index (χ0n) is 14.5. The van der Waals surface area contributed by atoms with Gasteiger partial charge in [-0.1, -0.05) is 37.3 Å². The molecule has 3 rings (SSSR count). The monoisotopic (exact) mass is 324 g/mol. The van der Waals surface area contributed by atoms with Gasteiger partial charge >= 0.3 is 0 Å². The van der Waals surface area contributed by atoms with E-state index in [0.29, 0.717) is 6.54 Å². The number of benzene rings is 2. The molecule has 0 saturated carbocycles. The molecule has 2 aromatic carbocycles. The Bertz CT molecular complexity index is 757. The van der Waals surface area contributed by atoms with Crippen LogP contribution < -0.4 is 15.4 Å². The van der Waals surface area contributed by atoms with Crippen molar-refractivity contribution in [3.05, 3.63) is 59.2 Å². The van der Waals surface area contributed by atoms with E-state index in [9.17, 15) is 4.79 Å². The van der Waals surface area contributed by atoms with Crippen molar-refractivity contribution in [1.82, 2.24) is 0 Å². The highest BCUT2D eigenvalue weighted by molar-refractivity contribution is 5.99. The van der Waals surface area contributed by atoms with Gasteiger partial charge in [0.25, 0.3) is 5.91 Å². The van der Waals surface area contributed by atoms with Crippen molar-refractivity contribution in [3.63, 3.8) is 0 Å². The average Bonchev–Trinajstić information content (AvgIpc) is 2.59. The van der Waals surface area contributed by atoms with Crippen LogP contribution in [-0.4, -0.2) is 12.0 Å². The van der Waals surface area contributed by atoms with E-state index in [1.807, 2.05) is 35.2 Å². The molecule has 1 heterocycles. The second kappa shape index (κ2) is 6.65. The number of carbonyl (C=O) groups is 1. The summed E-state index contributed by atoms with van der Waals surface area (Å²) in [4.78, 5) is 14.5. The van der Waals surface area contributed by atoms with Crippen molar-refractivity contribution >= 4 is 11.6 Å². The standard InChI is InChI=1S/C20H24N2O2/c1-4-17(21)15-9-10-19-18(11-15)22(20(23)14(3)24-19)12-16-8-6-5-7-13(16)2/h5-11,14,17H,4,12,21H2,1-3H3. The van der Waals surface area contributed by atoms with Gasteiger partial charge in [-0.15, -0.1) is 0 Å². The molecule has 0 fully saturated rings. The fourth-order valence-electron chi connectivity index (χ4n) is 3.01. The smallest absolute Gasteiger partial charge is 0.268 e. The summed E-state index contributed by atoms with van der Waals surface area (Å²) in [6.07, 6.45) is 0.370. The van der Waals surface area contributed by atoms with Crippen LogP contribution in [-0.2, 0) is 11.3 Å². The van der Waals surface area contributed by atoms with Gasteiger partial charge in [0.1, 0.15) is 5.75 Å². The van der Waals surface area contributed by atoms with Crippen LogP contribution in [0.2, 0.25) is 0 Å². The third-order valence-corrected chi connectivity index (χ3v) is 4.65. The van der Waals surface area contributed by atoms with Gasteiger partial charge in [0.05, 0.1) is 12.2 Å². The van der Waals surface area contributed by atoms with Gasteiger partial charge in [0.2, 0.25) is 0 Å². The van der Waals surface area contributed by atoms with E-state index in [4.69, 9.17) is 10.5 Å². The fraction of sp³-hybridized carbons (Fsp3) is 0.350. The molecule has 1 aliphatic heterocycles. The number of hydrogen-bond acceptors (Lipinski definition) is 3. The summed E-state index contributed by atoms with van der Waals surface area (Å²) in [5.74, 6) is 0.718. The molecule has 0 spiro atoms. The van der Waals surface area contributed by atoms with Crippen molar-refractivity contribution < 1.29 is 9.53 Å². The maximum atomic E-state index is 12.7. The Kier molecular flexibility index (Phi) is 4.58. The second-order valence-electron chi connectivity index (χ2n) is 6.35. The van der Waals surface area contributed by atoms with Gasteiger partial charge in [-0.2, -0.15) is 0 Å². The maximum Gasteiger partial charge on any atom is 0.268 e. The molecule has 0 aliphatic carbocycles. The van der Waals surface area contributed by atoms with Crippen molar-refractivity contribution in [2.45, 2.75) is 45.9 Å². The lowest BCUT2D eigenvalue weighted by molar-refractivity contribution is -0.125. The molecule has 0 aromatic heterocycles. The fourth-order valence-corrected chi connectivity index (χ4v) is 3.01. The molecule has 0 bridgehead atoms. The zero-order chi connectivity index (χ0) is 17.3. The minimum atomic E-state index is -0.479. The lowest BCUT2D eigenvalue weighted by atomic mass is 10.0. The summed E-state index contributed by atoms with van der Waals surface area (Å²) in [7, 11) is 0. The average molecular weight is 324 g/mol. The molecule has 2 atom stereocenters. The third kappa shape index (κ3) is 3.02. The summed E-state index contributed by atoms with van der Waals surface area (Å²) in [5, 5.41) is 0. The van der Waals surface area contributed by atoms with Crippen LogP contribution in [0.15, 0.2) is 42.5 Å². The highest BCUT2D eigenvalue weighted by atomic mass is 16.5. The maximum absolute atomic E-state index is 12.7. The molecule has 24 heavy (non-hydrogen) atoms.